The Morgan fingerprint density at radius 2 is 2.00 bits per heavy atom. The Bertz CT molecular complexity index is 705. The third-order valence-corrected chi connectivity index (χ3v) is 6.30. The number of hydrogen-bond acceptors (Lipinski definition) is 6. The molecular formula is C12H16N4O2S2. The highest BCUT2D eigenvalue weighted by molar-refractivity contribution is 7.89. The maximum atomic E-state index is 11.9. The van der Waals surface area contributed by atoms with Crippen molar-refractivity contribution in [3.05, 3.63) is 17.8 Å². The van der Waals surface area contributed by atoms with Crippen molar-refractivity contribution < 1.29 is 8.42 Å². The molecule has 108 valence electrons. The molecule has 0 aromatic carbocycles. The van der Waals surface area contributed by atoms with Crippen molar-refractivity contribution in [2.75, 3.05) is 36.8 Å². The number of sulfonamides is 1. The average molecular weight is 312 g/mol. The standard InChI is InChI=1S/C12H16N4O2S2/c1-2-20(17,18)16-6-4-15(5-7-16)12-11-10(3-8-19-11)13-9-14-12/h3,8-9H,2,4-7H2,1H3. The van der Waals surface area contributed by atoms with E-state index in [9.17, 15) is 8.42 Å². The zero-order valence-corrected chi connectivity index (χ0v) is 12.8. The fraction of sp³-hybridized carbons (Fsp3) is 0.500. The molecule has 1 saturated heterocycles. The molecule has 3 rings (SSSR count). The third kappa shape index (κ3) is 2.38. The van der Waals surface area contributed by atoms with Crippen molar-refractivity contribution in [2.45, 2.75) is 6.92 Å². The molecule has 1 fully saturated rings. The van der Waals surface area contributed by atoms with Gasteiger partial charge in [-0.05, 0) is 18.4 Å². The van der Waals surface area contributed by atoms with Gasteiger partial charge in [-0.3, -0.25) is 0 Å². The van der Waals surface area contributed by atoms with Gasteiger partial charge in [-0.2, -0.15) is 4.31 Å². The van der Waals surface area contributed by atoms with Gasteiger partial charge < -0.3 is 4.90 Å². The van der Waals surface area contributed by atoms with Crippen LogP contribution in [0, 0.1) is 0 Å². The van der Waals surface area contributed by atoms with Gasteiger partial charge in [0.1, 0.15) is 12.1 Å². The molecule has 6 nitrogen and oxygen atoms in total. The first kappa shape index (κ1) is 13.7. The highest BCUT2D eigenvalue weighted by Crippen LogP contribution is 2.28. The molecule has 3 heterocycles. The van der Waals surface area contributed by atoms with Crippen molar-refractivity contribution in [1.29, 1.82) is 0 Å². The summed E-state index contributed by atoms with van der Waals surface area (Å²) in [4.78, 5) is 10.7. The van der Waals surface area contributed by atoms with Crippen molar-refractivity contribution >= 4 is 37.4 Å². The maximum Gasteiger partial charge on any atom is 0.213 e. The smallest absolute Gasteiger partial charge is 0.213 e. The minimum Gasteiger partial charge on any atom is -0.353 e. The molecule has 0 saturated carbocycles. The first-order valence-electron chi connectivity index (χ1n) is 6.53. The Hall–Kier alpha value is -1.25. The quantitative estimate of drug-likeness (QED) is 0.851. The summed E-state index contributed by atoms with van der Waals surface area (Å²) in [5.74, 6) is 1.08. The molecule has 0 bridgehead atoms. The van der Waals surface area contributed by atoms with Crippen LogP contribution in [-0.2, 0) is 10.0 Å². The average Bonchev–Trinajstić information content (AvgIpc) is 2.95. The second-order valence-corrected chi connectivity index (χ2v) is 7.79. The molecule has 20 heavy (non-hydrogen) atoms. The topological polar surface area (TPSA) is 66.4 Å². The summed E-state index contributed by atoms with van der Waals surface area (Å²) in [6.45, 7) is 4.06. The molecule has 1 aliphatic rings. The van der Waals surface area contributed by atoms with Crippen LogP contribution in [0.25, 0.3) is 10.2 Å². The summed E-state index contributed by atoms with van der Waals surface area (Å²) in [6.07, 6.45) is 1.57. The highest BCUT2D eigenvalue weighted by Gasteiger charge is 2.26. The predicted octanol–water partition coefficient (Wildman–Crippen LogP) is 1.16. The Labute approximate surface area is 122 Å². The van der Waals surface area contributed by atoms with E-state index in [0.29, 0.717) is 26.2 Å². The summed E-state index contributed by atoms with van der Waals surface area (Å²) < 4.78 is 26.3. The van der Waals surface area contributed by atoms with Crippen LogP contribution in [0.1, 0.15) is 6.92 Å². The molecule has 2 aromatic heterocycles. The number of hydrogen-bond donors (Lipinski definition) is 0. The predicted molar refractivity (Wildman–Crippen MR) is 80.7 cm³/mol. The molecule has 8 heteroatoms. The summed E-state index contributed by atoms with van der Waals surface area (Å²) in [6, 6.07) is 1.98. The van der Waals surface area contributed by atoms with Crippen molar-refractivity contribution in [2.24, 2.45) is 0 Å². The Balaban J connectivity index is 1.80. The van der Waals surface area contributed by atoms with Gasteiger partial charge in [0.15, 0.2) is 0 Å². The second-order valence-electron chi connectivity index (χ2n) is 4.62. The van der Waals surface area contributed by atoms with E-state index in [-0.39, 0.29) is 5.75 Å². The van der Waals surface area contributed by atoms with E-state index in [1.807, 2.05) is 11.4 Å². The highest BCUT2D eigenvalue weighted by atomic mass is 32.2. The monoisotopic (exact) mass is 312 g/mol. The molecule has 0 N–H and O–H groups in total. The van der Waals surface area contributed by atoms with Crippen LogP contribution in [-0.4, -0.2) is 54.6 Å². The van der Waals surface area contributed by atoms with Crippen LogP contribution >= 0.6 is 11.3 Å². The lowest BCUT2D eigenvalue weighted by Crippen LogP contribution is -2.49. The van der Waals surface area contributed by atoms with Crippen LogP contribution in [0.15, 0.2) is 17.8 Å². The number of anilines is 1. The van der Waals surface area contributed by atoms with Crippen LogP contribution in [0.2, 0.25) is 0 Å². The fourth-order valence-electron chi connectivity index (χ4n) is 2.36. The summed E-state index contributed by atoms with van der Waals surface area (Å²) >= 11 is 1.62. The lowest BCUT2D eigenvalue weighted by Gasteiger charge is -2.34. The van der Waals surface area contributed by atoms with Gasteiger partial charge in [-0.25, -0.2) is 18.4 Å². The van der Waals surface area contributed by atoms with Crippen LogP contribution in [0.4, 0.5) is 5.82 Å². The first-order valence-corrected chi connectivity index (χ1v) is 9.01. The van der Waals surface area contributed by atoms with E-state index in [1.54, 1.807) is 28.9 Å². The zero-order chi connectivity index (χ0) is 14.2. The van der Waals surface area contributed by atoms with Gasteiger partial charge in [-0.1, -0.05) is 0 Å². The minimum atomic E-state index is -3.08. The maximum absolute atomic E-state index is 11.9. The first-order chi connectivity index (χ1) is 9.62. The minimum absolute atomic E-state index is 0.162. The number of piperazine rings is 1. The Kier molecular flexibility index (Phi) is 3.61. The molecule has 0 radical (unpaired) electrons. The van der Waals surface area contributed by atoms with Crippen LogP contribution in [0.5, 0.6) is 0 Å². The Morgan fingerprint density at radius 3 is 2.70 bits per heavy atom. The molecule has 2 aromatic rings. The van der Waals surface area contributed by atoms with Gasteiger partial charge in [0.05, 0.1) is 16.0 Å². The van der Waals surface area contributed by atoms with Crippen molar-refractivity contribution in [3.63, 3.8) is 0 Å². The molecule has 0 spiro atoms. The van der Waals surface area contributed by atoms with E-state index in [1.165, 1.54) is 0 Å². The van der Waals surface area contributed by atoms with E-state index in [4.69, 9.17) is 0 Å². The molecule has 1 aliphatic heterocycles. The lowest BCUT2D eigenvalue weighted by molar-refractivity contribution is 0.385. The number of nitrogens with zero attached hydrogens (tertiary/aromatic N) is 4. The van der Waals surface area contributed by atoms with E-state index in [0.717, 1.165) is 16.0 Å². The lowest BCUT2D eigenvalue weighted by atomic mass is 10.3. The van der Waals surface area contributed by atoms with Crippen molar-refractivity contribution in [1.82, 2.24) is 14.3 Å². The van der Waals surface area contributed by atoms with E-state index < -0.39 is 10.0 Å². The van der Waals surface area contributed by atoms with Gasteiger partial charge >= 0.3 is 0 Å². The van der Waals surface area contributed by atoms with E-state index in [2.05, 4.69) is 14.9 Å². The molecule has 0 atom stereocenters. The summed E-state index contributed by atoms with van der Waals surface area (Å²) in [5.41, 5.74) is 0.948. The third-order valence-electron chi connectivity index (χ3n) is 3.52. The summed E-state index contributed by atoms with van der Waals surface area (Å²) in [5, 5.41) is 2.00. The Morgan fingerprint density at radius 1 is 1.25 bits per heavy atom. The second kappa shape index (κ2) is 5.27. The molecule has 0 amide bonds. The number of thiophene rings is 1. The van der Waals surface area contributed by atoms with E-state index >= 15 is 0 Å². The van der Waals surface area contributed by atoms with Crippen LogP contribution < -0.4 is 4.90 Å². The zero-order valence-electron chi connectivity index (χ0n) is 11.2. The molecular weight excluding hydrogens is 296 g/mol. The SMILES string of the molecule is CCS(=O)(=O)N1CCN(c2ncnc3ccsc23)CC1. The number of fused-ring (bicyclic) bond motifs is 1. The normalized spacial score (nSPS) is 17.8. The van der Waals surface area contributed by atoms with Gasteiger partial charge in [0, 0.05) is 26.2 Å². The molecule has 0 aliphatic carbocycles. The number of aromatic nitrogens is 2. The van der Waals surface area contributed by atoms with Gasteiger partial charge in [-0.15, -0.1) is 11.3 Å². The fourth-order valence-corrected chi connectivity index (χ4v) is 4.31. The van der Waals surface area contributed by atoms with Gasteiger partial charge in [0.2, 0.25) is 10.0 Å². The number of rotatable bonds is 3. The van der Waals surface area contributed by atoms with Gasteiger partial charge in [0.25, 0.3) is 0 Å². The molecule has 0 unspecified atom stereocenters. The van der Waals surface area contributed by atoms with Crippen molar-refractivity contribution in [3.8, 4) is 0 Å². The summed E-state index contributed by atoms with van der Waals surface area (Å²) in [7, 11) is -3.08. The largest absolute Gasteiger partial charge is 0.353 e. The van der Waals surface area contributed by atoms with Crippen LogP contribution in [0.3, 0.4) is 0 Å².